The van der Waals surface area contributed by atoms with Crippen LogP contribution in [0.3, 0.4) is 0 Å². The van der Waals surface area contributed by atoms with Crippen LogP contribution in [-0.4, -0.2) is 57.0 Å². The lowest BCUT2D eigenvalue weighted by molar-refractivity contribution is 0.0801. The average molecular weight is 377 g/mol. The Morgan fingerprint density at radius 1 is 1.29 bits per heavy atom. The number of nitrogens with zero attached hydrogens (tertiary/aromatic N) is 2. The third-order valence-electron chi connectivity index (χ3n) is 4.04. The molecule has 1 aromatic rings. The first-order valence-electron chi connectivity index (χ1n) is 6.73. The number of rotatable bonds is 3. The largest absolute Gasteiger partial charge is 0.496 e. The van der Waals surface area contributed by atoms with Crippen molar-refractivity contribution in [1.29, 1.82) is 0 Å². The Labute approximate surface area is 135 Å². The van der Waals surface area contributed by atoms with Crippen LogP contribution in [0.1, 0.15) is 13.8 Å². The Balaban J connectivity index is 2.32. The van der Waals surface area contributed by atoms with E-state index in [1.807, 2.05) is 7.05 Å². The minimum atomic E-state index is -3.48. The molecule has 0 N–H and O–H groups in total. The van der Waals surface area contributed by atoms with Crippen molar-refractivity contribution in [2.45, 2.75) is 24.3 Å². The lowest BCUT2D eigenvalue weighted by atomic mass is 10.0. The molecule has 21 heavy (non-hydrogen) atoms. The van der Waals surface area contributed by atoms with E-state index < -0.39 is 10.0 Å². The molecule has 1 heterocycles. The molecule has 2 rings (SSSR count). The van der Waals surface area contributed by atoms with Gasteiger partial charge in [-0.05, 0) is 55.0 Å². The summed E-state index contributed by atoms with van der Waals surface area (Å²) in [6.07, 6.45) is 0. The number of benzene rings is 1. The molecule has 1 aliphatic rings. The summed E-state index contributed by atoms with van der Waals surface area (Å²) in [5, 5.41) is 0. The number of halogens is 1. The highest BCUT2D eigenvalue weighted by Crippen LogP contribution is 2.30. The van der Waals surface area contributed by atoms with Gasteiger partial charge in [-0.15, -0.1) is 0 Å². The Morgan fingerprint density at radius 2 is 1.95 bits per heavy atom. The highest BCUT2D eigenvalue weighted by atomic mass is 79.9. The standard InChI is InChI=1S/C14H21BrN2O3S/c1-14(2)10-17(8-7-16(14)3)21(18,19)11-5-6-13(20-4)12(15)9-11/h5-6,9H,7-8,10H2,1-4H3. The number of methoxy groups -OCH3 is 1. The van der Waals surface area contributed by atoms with E-state index in [-0.39, 0.29) is 10.4 Å². The molecular weight excluding hydrogens is 356 g/mol. The number of likely N-dealkylation sites (N-methyl/N-ethyl adjacent to an activating group) is 1. The van der Waals surface area contributed by atoms with Crippen molar-refractivity contribution >= 4 is 26.0 Å². The normalized spacial score (nSPS) is 20.4. The first-order valence-corrected chi connectivity index (χ1v) is 8.97. The van der Waals surface area contributed by atoms with Crippen molar-refractivity contribution in [1.82, 2.24) is 9.21 Å². The van der Waals surface area contributed by atoms with Crippen LogP contribution in [0.4, 0.5) is 0 Å². The molecule has 0 amide bonds. The molecule has 0 spiro atoms. The third kappa shape index (κ3) is 3.26. The predicted octanol–water partition coefficient (Wildman–Crippen LogP) is 2.17. The number of hydrogen-bond donors (Lipinski definition) is 0. The Hall–Kier alpha value is -0.630. The van der Waals surface area contributed by atoms with Gasteiger partial charge in [0.05, 0.1) is 16.5 Å². The monoisotopic (exact) mass is 376 g/mol. The Bertz CT molecular complexity index is 631. The van der Waals surface area contributed by atoms with Gasteiger partial charge in [-0.2, -0.15) is 4.31 Å². The summed E-state index contributed by atoms with van der Waals surface area (Å²) < 4.78 is 32.9. The van der Waals surface area contributed by atoms with E-state index in [0.29, 0.717) is 23.3 Å². The molecule has 1 saturated heterocycles. The van der Waals surface area contributed by atoms with Crippen LogP contribution in [0.5, 0.6) is 5.75 Å². The second-order valence-electron chi connectivity index (χ2n) is 5.87. The van der Waals surface area contributed by atoms with Crippen molar-refractivity contribution in [3.63, 3.8) is 0 Å². The molecule has 7 heteroatoms. The molecular formula is C14H21BrN2O3S. The van der Waals surface area contributed by atoms with Crippen molar-refractivity contribution in [2.24, 2.45) is 0 Å². The molecule has 1 aliphatic heterocycles. The van der Waals surface area contributed by atoms with Crippen LogP contribution < -0.4 is 4.74 Å². The summed E-state index contributed by atoms with van der Waals surface area (Å²) in [5.41, 5.74) is -0.172. The number of hydrogen-bond acceptors (Lipinski definition) is 4. The Morgan fingerprint density at radius 3 is 2.48 bits per heavy atom. The lowest BCUT2D eigenvalue weighted by Crippen LogP contribution is -2.58. The molecule has 0 unspecified atom stereocenters. The second-order valence-corrected chi connectivity index (χ2v) is 8.66. The van der Waals surface area contributed by atoms with Crippen LogP contribution in [0, 0.1) is 0 Å². The summed E-state index contributed by atoms with van der Waals surface area (Å²) in [6.45, 7) is 5.82. The highest BCUT2D eigenvalue weighted by molar-refractivity contribution is 9.10. The highest BCUT2D eigenvalue weighted by Gasteiger charge is 2.37. The third-order valence-corrected chi connectivity index (χ3v) is 6.50. The average Bonchev–Trinajstić information content (AvgIpc) is 2.41. The fourth-order valence-corrected chi connectivity index (χ4v) is 4.66. The van der Waals surface area contributed by atoms with Gasteiger partial charge in [0, 0.05) is 25.2 Å². The smallest absolute Gasteiger partial charge is 0.243 e. The van der Waals surface area contributed by atoms with Gasteiger partial charge in [0.1, 0.15) is 5.75 Å². The zero-order valence-electron chi connectivity index (χ0n) is 12.8. The van der Waals surface area contributed by atoms with Gasteiger partial charge in [0.15, 0.2) is 0 Å². The van der Waals surface area contributed by atoms with Crippen molar-refractivity contribution < 1.29 is 13.2 Å². The van der Waals surface area contributed by atoms with Crippen LogP contribution in [0.25, 0.3) is 0 Å². The maximum atomic E-state index is 12.8. The van der Waals surface area contributed by atoms with E-state index in [1.165, 1.54) is 0 Å². The second kappa shape index (κ2) is 5.87. The van der Waals surface area contributed by atoms with E-state index >= 15 is 0 Å². The molecule has 0 aromatic heterocycles. The van der Waals surface area contributed by atoms with Crippen molar-refractivity contribution in [3.05, 3.63) is 22.7 Å². The van der Waals surface area contributed by atoms with Crippen molar-refractivity contribution in [3.8, 4) is 5.75 Å². The quantitative estimate of drug-likeness (QED) is 0.810. The number of piperazine rings is 1. The molecule has 118 valence electrons. The van der Waals surface area contributed by atoms with Crippen molar-refractivity contribution in [2.75, 3.05) is 33.8 Å². The summed E-state index contributed by atoms with van der Waals surface area (Å²) >= 11 is 3.34. The molecule has 1 fully saturated rings. The van der Waals surface area contributed by atoms with E-state index in [2.05, 4.69) is 34.7 Å². The first kappa shape index (κ1) is 16.7. The van der Waals surface area contributed by atoms with Gasteiger partial charge in [0.2, 0.25) is 10.0 Å². The topological polar surface area (TPSA) is 49.9 Å². The maximum Gasteiger partial charge on any atom is 0.243 e. The molecule has 0 aliphatic carbocycles. The molecule has 0 radical (unpaired) electrons. The fourth-order valence-electron chi connectivity index (χ4n) is 2.36. The van der Waals surface area contributed by atoms with Gasteiger partial charge in [0.25, 0.3) is 0 Å². The molecule has 0 bridgehead atoms. The van der Waals surface area contributed by atoms with Crippen LogP contribution >= 0.6 is 15.9 Å². The summed E-state index contributed by atoms with van der Waals surface area (Å²) in [5.74, 6) is 0.618. The zero-order chi connectivity index (χ0) is 15.8. The van der Waals surface area contributed by atoms with Crippen LogP contribution in [0.15, 0.2) is 27.6 Å². The fraction of sp³-hybridized carbons (Fsp3) is 0.571. The van der Waals surface area contributed by atoms with E-state index in [4.69, 9.17) is 4.74 Å². The minimum Gasteiger partial charge on any atom is -0.496 e. The Kier molecular flexibility index (Phi) is 4.68. The van der Waals surface area contributed by atoms with Gasteiger partial charge < -0.3 is 4.74 Å². The summed E-state index contributed by atoms with van der Waals surface area (Å²) in [7, 11) is 0.0917. The van der Waals surface area contributed by atoms with Gasteiger partial charge in [-0.25, -0.2) is 8.42 Å². The lowest BCUT2D eigenvalue weighted by Gasteiger charge is -2.44. The van der Waals surface area contributed by atoms with Gasteiger partial charge >= 0.3 is 0 Å². The number of ether oxygens (including phenoxy) is 1. The number of sulfonamides is 1. The summed E-state index contributed by atoms with van der Waals surface area (Å²) in [4.78, 5) is 2.47. The van der Waals surface area contributed by atoms with Crippen LogP contribution in [0.2, 0.25) is 0 Å². The minimum absolute atomic E-state index is 0.172. The van der Waals surface area contributed by atoms with E-state index in [1.54, 1.807) is 29.6 Å². The van der Waals surface area contributed by atoms with Gasteiger partial charge in [-0.3, -0.25) is 4.90 Å². The first-order chi connectivity index (χ1) is 9.68. The molecule has 1 aromatic carbocycles. The van der Waals surface area contributed by atoms with E-state index in [0.717, 1.165) is 6.54 Å². The molecule has 0 saturated carbocycles. The summed E-state index contributed by atoms with van der Waals surface area (Å²) in [6, 6.07) is 4.85. The zero-order valence-corrected chi connectivity index (χ0v) is 15.2. The van der Waals surface area contributed by atoms with Crippen LogP contribution in [-0.2, 0) is 10.0 Å². The maximum absolute atomic E-state index is 12.8. The van der Waals surface area contributed by atoms with E-state index in [9.17, 15) is 8.42 Å². The molecule has 5 nitrogen and oxygen atoms in total. The molecule has 0 atom stereocenters. The predicted molar refractivity (Wildman–Crippen MR) is 86.2 cm³/mol. The SMILES string of the molecule is COc1ccc(S(=O)(=O)N2CCN(C)C(C)(C)C2)cc1Br. The van der Waals surface area contributed by atoms with Gasteiger partial charge in [-0.1, -0.05) is 0 Å².